The first-order chi connectivity index (χ1) is 7.53. The zero-order valence-corrected chi connectivity index (χ0v) is 10.3. The Balaban J connectivity index is 2.34. The van der Waals surface area contributed by atoms with Crippen molar-refractivity contribution < 1.29 is 9.53 Å². The molecule has 0 aromatic carbocycles. The molecule has 0 aromatic rings. The lowest BCUT2D eigenvalue weighted by Crippen LogP contribution is -2.33. The minimum atomic E-state index is -0.169. The highest BCUT2D eigenvalue weighted by atomic mass is 16.5. The van der Waals surface area contributed by atoms with Crippen LogP contribution in [0.25, 0.3) is 0 Å². The average Bonchev–Trinajstić information content (AvgIpc) is 2.96. The number of rotatable bonds is 6. The van der Waals surface area contributed by atoms with Gasteiger partial charge in [-0.2, -0.15) is 5.26 Å². The number of hydrogen-bond donors (Lipinski definition) is 0. The lowest BCUT2D eigenvalue weighted by atomic mass is 10.0. The second kappa shape index (κ2) is 5.31. The van der Waals surface area contributed by atoms with Crippen LogP contribution in [-0.4, -0.2) is 38.1 Å². The molecule has 0 N–H and O–H groups in total. The summed E-state index contributed by atoms with van der Waals surface area (Å²) in [6, 6.07) is 2.24. The third kappa shape index (κ3) is 3.49. The monoisotopic (exact) mass is 224 g/mol. The largest absolute Gasteiger partial charge is 0.469 e. The Bertz CT molecular complexity index is 292. The van der Waals surface area contributed by atoms with Crippen LogP contribution in [0.4, 0.5) is 0 Å². The number of methoxy groups -OCH3 is 1. The van der Waals surface area contributed by atoms with Crippen molar-refractivity contribution in [3.8, 4) is 6.07 Å². The number of ether oxygens (including phenoxy) is 1. The standard InChI is InChI=1S/C12H20N2O2/c1-10(11(15)16-3)8-14(2)9-12(4-5-12)6-7-13/h10H,4-6,8-9H2,1-3H3. The number of carbonyl (C=O) groups excluding carboxylic acids is 1. The van der Waals surface area contributed by atoms with Crippen LogP contribution in [0.2, 0.25) is 0 Å². The van der Waals surface area contributed by atoms with E-state index >= 15 is 0 Å². The van der Waals surface area contributed by atoms with Gasteiger partial charge >= 0.3 is 5.97 Å². The topological polar surface area (TPSA) is 53.3 Å². The van der Waals surface area contributed by atoms with E-state index < -0.39 is 0 Å². The molecule has 16 heavy (non-hydrogen) atoms. The highest BCUT2D eigenvalue weighted by Gasteiger charge is 2.43. The molecule has 1 atom stereocenters. The summed E-state index contributed by atoms with van der Waals surface area (Å²) in [5.74, 6) is -0.273. The van der Waals surface area contributed by atoms with Gasteiger partial charge in [0.25, 0.3) is 0 Å². The maximum atomic E-state index is 11.3. The summed E-state index contributed by atoms with van der Waals surface area (Å²) in [7, 11) is 3.41. The molecular formula is C12H20N2O2. The molecule has 1 saturated carbocycles. The van der Waals surface area contributed by atoms with Crippen molar-refractivity contribution >= 4 is 5.97 Å². The molecule has 0 radical (unpaired) electrons. The van der Waals surface area contributed by atoms with Gasteiger partial charge in [0.15, 0.2) is 0 Å². The van der Waals surface area contributed by atoms with Gasteiger partial charge in [0, 0.05) is 19.5 Å². The Labute approximate surface area is 97.2 Å². The maximum absolute atomic E-state index is 11.3. The van der Waals surface area contributed by atoms with E-state index in [1.165, 1.54) is 7.11 Å². The number of nitrogens with zero attached hydrogens (tertiary/aromatic N) is 2. The van der Waals surface area contributed by atoms with Crippen LogP contribution in [-0.2, 0) is 9.53 Å². The molecule has 1 rings (SSSR count). The zero-order chi connectivity index (χ0) is 12.2. The summed E-state index contributed by atoms with van der Waals surface area (Å²) >= 11 is 0. The van der Waals surface area contributed by atoms with Crippen molar-refractivity contribution in [2.75, 3.05) is 27.2 Å². The van der Waals surface area contributed by atoms with Crippen molar-refractivity contribution in [1.82, 2.24) is 4.90 Å². The minimum absolute atomic E-state index is 0.104. The van der Waals surface area contributed by atoms with E-state index in [-0.39, 0.29) is 17.3 Å². The van der Waals surface area contributed by atoms with E-state index in [9.17, 15) is 4.79 Å². The lowest BCUT2D eigenvalue weighted by Gasteiger charge is -2.24. The van der Waals surface area contributed by atoms with Crippen molar-refractivity contribution in [2.45, 2.75) is 26.2 Å². The molecule has 4 heteroatoms. The van der Waals surface area contributed by atoms with Crippen molar-refractivity contribution in [3.05, 3.63) is 0 Å². The molecule has 1 unspecified atom stereocenters. The van der Waals surface area contributed by atoms with Gasteiger partial charge in [-0.1, -0.05) is 6.92 Å². The van der Waals surface area contributed by atoms with Crippen LogP contribution in [0.3, 0.4) is 0 Å². The maximum Gasteiger partial charge on any atom is 0.309 e. The molecule has 0 amide bonds. The Morgan fingerprint density at radius 1 is 1.62 bits per heavy atom. The molecule has 4 nitrogen and oxygen atoms in total. The molecule has 1 aliphatic carbocycles. The first kappa shape index (κ1) is 13.0. The third-order valence-corrected chi connectivity index (χ3v) is 3.21. The quantitative estimate of drug-likeness (QED) is 0.640. The molecule has 0 saturated heterocycles. The molecule has 0 heterocycles. The van der Waals surface area contributed by atoms with E-state index in [4.69, 9.17) is 5.26 Å². The summed E-state index contributed by atoms with van der Waals surface area (Å²) in [5, 5.41) is 8.72. The van der Waals surface area contributed by atoms with Gasteiger partial charge < -0.3 is 9.64 Å². The smallest absolute Gasteiger partial charge is 0.309 e. The van der Waals surface area contributed by atoms with Crippen LogP contribution in [0, 0.1) is 22.7 Å². The second-order valence-electron chi connectivity index (χ2n) is 4.96. The van der Waals surface area contributed by atoms with E-state index in [1.807, 2.05) is 14.0 Å². The Kier molecular flexibility index (Phi) is 4.31. The molecule has 0 bridgehead atoms. The molecule has 0 aromatic heterocycles. The van der Waals surface area contributed by atoms with Gasteiger partial charge in [-0.15, -0.1) is 0 Å². The van der Waals surface area contributed by atoms with Gasteiger partial charge in [0.1, 0.15) is 0 Å². The number of hydrogen-bond acceptors (Lipinski definition) is 4. The predicted molar refractivity (Wildman–Crippen MR) is 60.6 cm³/mol. The average molecular weight is 224 g/mol. The fourth-order valence-corrected chi connectivity index (χ4v) is 2.12. The van der Waals surface area contributed by atoms with Gasteiger partial charge in [0.2, 0.25) is 0 Å². The summed E-state index contributed by atoms with van der Waals surface area (Å²) in [6.45, 7) is 3.47. The Hall–Kier alpha value is -1.08. The lowest BCUT2D eigenvalue weighted by molar-refractivity contribution is -0.145. The molecule has 90 valence electrons. The van der Waals surface area contributed by atoms with Crippen LogP contribution >= 0.6 is 0 Å². The minimum Gasteiger partial charge on any atom is -0.469 e. The highest BCUT2D eigenvalue weighted by Crippen LogP contribution is 2.48. The van der Waals surface area contributed by atoms with Crippen molar-refractivity contribution in [2.24, 2.45) is 11.3 Å². The van der Waals surface area contributed by atoms with Gasteiger partial charge in [-0.25, -0.2) is 0 Å². The van der Waals surface area contributed by atoms with Crippen LogP contribution in [0.5, 0.6) is 0 Å². The van der Waals surface area contributed by atoms with Crippen LogP contribution in [0.15, 0.2) is 0 Å². The van der Waals surface area contributed by atoms with E-state index in [0.717, 1.165) is 19.4 Å². The van der Waals surface area contributed by atoms with Crippen LogP contribution < -0.4 is 0 Å². The fourth-order valence-electron chi connectivity index (χ4n) is 2.12. The van der Waals surface area contributed by atoms with Crippen LogP contribution in [0.1, 0.15) is 26.2 Å². The number of esters is 1. The van der Waals surface area contributed by atoms with Gasteiger partial charge in [-0.05, 0) is 25.3 Å². The zero-order valence-electron chi connectivity index (χ0n) is 10.3. The Morgan fingerprint density at radius 2 is 2.25 bits per heavy atom. The molecular weight excluding hydrogens is 204 g/mol. The third-order valence-electron chi connectivity index (χ3n) is 3.21. The normalized spacial score (nSPS) is 18.9. The van der Waals surface area contributed by atoms with Crippen molar-refractivity contribution in [1.29, 1.82) is 5.26 Å². The first-order valence-corrected chi connectivity index (χ1v) is 5.66. The summed E-state index contributed by atoms with van der Waals surface area (Å²) in [4.78, 5) is 13.4. The highest BCUT2D eigenvalue weighted by molar-refractivity contribution is 5.72. The van der Waals surface area contributed by atoms with Crippen molar-refractivity contribution in [3.63, 3.8) is 0 Å². The van der Waals surface area contributed by atoms with E-state index in [0.29, 0.717) is 13.0 Å². The van der Waals surface area contributed by atoms with Gasteiger partial charge in [-0.3, -0.25) is 4.79 Å². The van der Waals surface area contributed by atoms with Gasteiger partial charge in [0.05, 0.1) is 19.1 Å². The fraction of sp³-hybridized carbons (Fsp3) is 0.833. The number of carbonyl (C=O) groups is 1. The predicted octanol–water partition coefficient (Wildman–Crippen LogP) is 1.42. The van der Waals surface area contributed by atoms with E-state index in [1.54, 1.807) is 0 Å². The SMILES string of the molecule is COC(=O)C(C)CN(C)CC1(CC#N)CC1. The Morgan fingerprint density at radius 3 is 2.69 bits per heavy atom. The molecule has 0 aliphatic heterocycles. The summed E-state index contributed by atoms with van der Waals surface area (Å²) < 4.78 is 4.69. The molecule has 1 aliphatic rings. The second-order valence-corrected chi connectivity index (χ2v) is 4.96. The number of nitriles is 1. The first-order valence-electron chi connectivity index (χ1n) is 5.66. The summed E-state index contributed by atoms with van der Waals surface area (Å²) in [5.41, 5.74) is 0.208. The molecule has 1 fully saturated rings. The summed E-state index contributed by atoms with van der Waals surface area (Å²) in [6.07, 6.45) is 2.90. The molecule has 0 spiro atoms. The van der Waals surface area contributed by atoms with E-state index in [2.05, 4.69) is 15.7 Å².